The summed E-state index contributed by atoms with van der Waals surface area (Å²) in [5, 5.41) is 13.3. The lowest BCUT2D eigenvalue weighted by Gasteiger charge is -2.09. The van der Waals surface area contributed by atoms with Gasteiger partial charge in [0, 0.05) is 0 Å². The van der Waals surface area contributed by atoms with Crippen LogP contribution in [-0.2, 0) is 16.1 Å². The molecule has 166 valence electrons. The van der Waals surface area contributed by atoms with Crippen molar-refractivity contribution >= 4 is 11.7 Å². The molecule has 0 fully saturated rings. The molecule has 3 aromatic carbocycles. The fraction of sp³-hybridized carbons (Fsp3) is 0.259. The molecule has 0 atom stereocenters. The van der Waals surface area contributed by atoms with Crippen molar-refractivity contribution in [1.82, 2.24) is 0 Å². The van der Waals surface area contributed by atoms with Gasteiger partial charge >= 0.3 is 5.97 Å². The fourth-order valence-electron chi connectivity index (χ4n) is 3.31. The Morgan fingerprint density at radius 3 is 2.38 bits per heavy atom. The second kappa shape index (κ2) is 12.3. The number of nitrogens with zero attached hydrogens (tertiary/aromatic N) is 1. The van der Waals surface area contributed by atoms with Gasteiger partial charge in [-0.3, -0.25) is 4.79 Å². The number of carbonyl (C=O) groups is 1. The van der Waals surface area contributed by atoms with Gasteiger partial charge in [-0.15, -0.1) is 0 Å². The van der Waals surface area contributed by atoms with E-state index >= 15 is 0 Å². The molecule has 0 aromatic heterocycles. The van der Waals surface area contributed by atoms with Crippen molar-refractivity contribution in [3.63, 3.8) is 0 Å². The maximum atomic E-state index is 10.9. The predicted molar refractivity (Wildman–Crippen MR) is 127 cm³/mol. The normalized spacial score (nSPS) is 11.2. The van der Waals surface area contributed by atoms with E-state index in [4.69, 9.17) is 14.7 Å². The molecule has 0 amide bonds. The largest absolute Gasteiger partial charge is 0.490 e. The summed E-state index contributed by atoms with van der Waals surface area (Å²) in [7, 11) is 0. The molecule has 0 aliphatic carbocycles. The number of carboxylic acids is 1. The van der Waals surface area contributed by atoms with Crippen molar-refractivity contribution in [3.05, 3.63) is 90.0 Å². The van der Waals surface area contributed by atoms with E-state index in [1.54, 1.807) is 24.3 Å². The summed E-state index contributed by atoms with van der Waals surface area (Å²) in [6.45, 7) is 2.79. The molecule has 32 heavy (non-hydrogen) atoms. The molecule has 5 heteroatoms. The van der Waals surface area contributed by atoms with E-state index in [1.807, 2.05) is 18.2 Å². The highest BCUT2D eigenvalue weighted by Gasteiger charge is 2.06. The van der Waals surface area contributed by atoms with E-state index in [9.17, 15) is 4.79 Å². The van der Waals surface area contributed by atoms with E-state index < -0.39 is 5.97 Å². The van der Waals surface area contributed by atoms with Gasteiger partial charge in [0.1, 0.15) is 12.4 Å². The molecule has 0 aliphatic heterocycles. The summed E-state index contributed by atoms with van der Waals surface area (Å²) in [6, 6.07) is 25.8. The van der Waals surface area contributed by atoms with Crippen LogP contribution in [0, 0.1) is 0 Å². The molecule has 0 saturated carbocycles. The van der Waals surface area contributed by atoms with Crippen molar-refractivity contribution in [2.45, 2.75) is 32.6 Å². The van der Waals surface area contributed by atoms with Crippen molar-refractivity contribution < 1.29 is 19.5 Å². The highest BCUT2D eigenvalue weighted by atomic mass is 16.6. The van der Waals surface area contributed by atoms with E-state index in [-0.39, 0.29) is 6.42 Å². The molecule has 3 aromatic rings. The van der Waals surface area contributed by atoms with Gasteiger partial charge in [0.25, 0.3) is 0 Å². The molecule has 0 saturated heterocycles. The lowest BCUT2D eigenvalue weighted by Crippen LogP contribution is -2.08. The Hall–Kier alpha value is -3.60. The first-order valence-electron chi connectivity index (χ1n) is 10.9. The highest BCUT2D eigenvalue weighted by Crippen LogP contribution is 2.20. The Labute approximate surface area is 189 Å². The van der Waals surface area contributed by atoms with Gasteiger partial charge in [-0.1, -0.05) is 85.2 Å². The number of aliphatic carboxylic acids is 1. The zero-order chi connectivity index (χ0) is 22.6. The lowest BCUT2D eigenvalue weighted by atomic mass is 10.00. The topological polar surface area (TPSA) is 68.1 Å². The molecule has 0 spiro atoms. The van der Waals surface area contributed by atoms with Crippen molar-refractivity contribution in [2.75, 3.05) is 13.2 Å². The maximum absolute atomic E-state index is 10.9. The zero-order valence-corrected chi connectivity index (χ0v) is 18.4. The number of oxime groups is 1. The molecule has 0 bridgehead atoms. The highest BCUT2D eigenvalue weighted by molar-refractivity contribution is 6.00. The number of hydrogen-bond acceptors (Lipinski definition) is 4. The standard InChI is InChI=1S/C27H29NO4/c1-2-3-12-26(24-15-13-23(14-16-24)22-9-5-4-6-10-22)28-32-18-17-31-25-11-7-8-21(19-25)20-27(29)30/h4-11,13-16,19H,2-3,12,17-18,20H2,1H3,(H,29,30). The summed E-state index contributed by atoms with van der Waals surface area (Å²) in [6.07, 6.45) is 2.94. The Morgan fingerprint density at radius 2 is 1.66 bits per heavy atom. The van der Waals surface area contributed by atoms with Crippen LogP contribution in [0.3, 0.4) is 0 Å². The molecule has 1 N–H and O–H groups in total. The molecule has 0 unspecified atom stereocenters. The third-order valence-electron chi connectivity index (χ3n) is 4.96. The predicted octanol–water partition coefficient (Wildman–Crippen LogP) is 5.97. The van der Waals surface area contributed by atoms with E-state index in [2.05, 4.69) is 48.5 Å². The fourth-order valence-corrected chi connectivity index (χ4v) is 3.31. The molecule has 3 rings (SSSR count). The van der Waals surface area contributed by atoms with Gasteiger partial charge in [-0.25, -0.2) is 0 Å². The summed E-state index contributed by atoms with van der Waals surface area (Å²) in [5.74, 6) is -0.240. The van der Waals surface area contributed by atoms with Gasteiger partial charge in [-0.05, 0) is 47.2 Å². The zero-order valence-electron chi connectivity index (χ0n) is 18.4. The lowest BCUT2D eigenvalue weighted by molar-refractivity contribution is -0.136. The average Bonchev–Trinajstić information content (AvgIpc) is 2.81. The molecule has 0 heterocycles. The van der Waals surface area contributed by atoms with Crippen LogP contribution in [0.1, 0.15) is 37.3 Å². The van der Waals surface area contributed by atoms with Crippen LogP contribution in [0.15, 0.2) is 84.0 Å². The number of rotatable bonds is 12. The third kappa shape index (κ3) is 7.27. The Balaban J connectivity index is 1.56. The van der Waals surface area contributed by atoms with Crippen LogP contribution in [-0.4, -0.2) is 30.0 Å². The molecular weight excluding hydrogens is 402 g/mol. The van der Waals surface area contributed by atoms with Gasteiger partial charge < -0.3 is 14.7 Å². The van der Waals surface area contributed by atoms with Crippen molar-refractivity contribution in [2.24, 2.45) is 5.16 Å². The smallest absolute Gasteiger partial charge is 0.307 e. The van der Waals surface area contributed by atoms with Crippen LogP contribution in [0.2, 0.25) is 0 Å². The number of hydrogen-bond donors (Lipinski definition) is 1. The van der Waals surface area contributed by atoms with E-state index in [0.29, 0.717) is 24.5 Å². The quantitative estimate of drug-likeness (QED) is 0.218. The first kappa shape index (κ1) is 23.1. The summed E-state index contributed by atoms with van der Waals surface area (Å²) in [4.78, 5) is 16.4. The van der Waals surface area contributed by atoms with E-state index in [0.717, 1.165) is 30.5 Å². The Morgan fingerprint density at radius 1 is 0.906 bits per heavy atom. The maximum Gasteiger partial charge on any atom is 0.307 e. The molecular formula is C27H29NO4. The molecule has 0 aliphatic rings. The van der Waals surface area contributed by atoms with Crippen molar-refractivity contribution in [1.29, 1.82) is 0 Å². The monoisotopic (exact) mass is 431 g/mol. The average molecular weight is 432 g/mol. The molecule has 0 radical (unpaired) electrons. The number of carboxylic acid groups (broad SMARTS) is 1. The van der Waals surface area contributed by atoms with Gasteiger partial charge in [0.05, 0.1) is 12.1 Å². The van der Waals surface area contributed by atoms with Crippen LogP contribution in [0.4, 0.5) is 0 Å². The number of benzene rings is 3. The van der Waals surface area contributed by atoms with Crippen LogP contribution in [0.25, 0.3) is 11.1 Å². The van der Waals surface area contributed by atoms with Crippen molar-refractivity contribution in [3.8, 4) is 16.9 Å². The minimum absolute atomic E-state index is 0.0259. The summed E-state index contributed by atoms with van der Waals surface area (Å²) in [5.41, 5.74) is 5.04. The SMILES string of the molecule is CCCCC(=NOCCOc1cccc(CC(=O)O)c1)c1ccc(-c2ccccc2)cc1. The summed E-state index contributed by atoms with van der Waals surface area (Å²) >= 11 is 0. The second-order valence-corrected chi connectivity index (χ2v) is 7.48. The van der Waals surface area contributed by atoms with Gasteiger partial charge in [0.15, 0.2) is 6.61 Å². The Bertz CT molecular complexity index is 1010. The first-order valence-corrected chi connectivity index (χ1v) is 10.9. The van der Waals surface area contributed by atoms with Gasteiger partial charge in [-0.2, -0.15) is 0 Å². The van der Waals surface area contributed by atoms with E-state index in [1.165, 1.54) is 11.1 Å². The molecule has 5 nitrogen and oxygen atoms in total. The summed E-state index contributed by atoms with van der Waals surface area (Å²) < 4.78 is 5.67. The minimum atomic E-state index is -0.865. The number of unbranched alkanes of at least 4 members (excludes halogenated alkanes) is 1. The van der Waals surface area contributed by atoms with Crippen LogP contribution < -0.4 is 4.74 Å². The number of ether oxygens (including phenoxy) is 1. The third-order valence-corrected chi connectivity index (χ3v) is 4.96. The minimum Gasteiger partial charge on any atom is -0.490 e. The Kier molecular flexibility index (Phi) is 8.87. The van der Waals surface area contributed by atoms with Crippen LogP contribution in [0.5, 0.6) is 5.75 Å². The first-order chi connectivity index (χ1) is 15.7. The second-order valence-electron chi connectivity index (χ2n) is 7.48. The van der Waals surface area contributed by atoms with Crippen LogP contribution >= 0.6 is 0 Å². The van der Waals surface area contributed by atoms with Gasteiger partial charge in [0.2, 0.25) is 0 Å².